The van der Waals surface area contributed by atoms with Gasteiger partial charge in [-0.2, -0.15) is 4.68 Å². The molecule has 2 aromatic rings. The van der Waals surface area contributed by atoms with Gasteiger partial charge in [0, 0.05) is 0 Å². The van der Waals surface area contributed by atoms with Crippen molar-refractivity contribution in [2.75, 3.05) is 17.3 Å². The smallest absolute Gasteiger partial charge is 0.230 e. The molecule has 8 nitrogen and oxygen atoms in total. The number of para-hydroxylation sites is 1. The van der Waals surface area contributed by atoms with Gasteiger partial charge in [0.15, 0.2) is 9.84 Å². The summed E-state index contributed by atoms with van der Waals surface area (Å²) in [6.07, 6.45) is 0. The summed E-state index contributed by atoms with van der Waals surface area (Å²) in [6, 6.07) is 8.74. The van der Waals surface area contributed by atoms with Crippen molar-refractivity contribution < 1.29 is 13.2 Å². The van der Waals surface area contributed by atoms with E-state index in [0.717, 1.165) is 17.4 Å². The quantitative estimate of drug-likeness (QED) is 0.579. The number of benzene rings is 1. The zero-order chi connectivity index (χ0) is 17.2. The number of carbonyl (C=O) groups is 1. The summed E-state index contributed by atoms with van der Waals surface area (Å²) in [6.45, 7) is 0. The molecule has 24 heavy (non-hydrogen) atoms. The summed E-state index contributed by atoms with van der Waals surface area (Å²) in [5.74, 6) is -0.485. The van der Waals surface area contributed by atoms with Crippen LogP contribution in [-0.4, -0.2) is 63.2 Å². The Hall–Kier alpha value is -1.65. The predicted molar refractivity (Wildman–Crippen MR) is 90.1 cm³/mol. The fraction of sp³-hybridized carbons (Fsp3) is 0.385. The molecule has 2 atom stereocenters. The Bertz CT molecular complexity index is 827. The van der Waals surface area contributed by atoms with Crippen molar-refractivity contribution in [3.05, 3.63) is 30.3 Å². The van der Waals surface area contributed by atoms with Gasteiger partial charge in [-0.1, -0.05) is 30.0 Å². The van der Waals surface area contributed by atoms with E-state index in [1.807, 2.05) is 30.3 Å². The summed E-state index contributed by atoms with van der Waals surface area (Å²) >= 11 is 7.14. The molecule has 1 amide bonds. The molecule has 1 fully saturated rings. The fourth-order valence-corrected chi connectivity index (χ4v) is 5.57. The fourth-order valence-electron chi connectivity index (χ4n) is 2.32. The number of nitrogens with one attached hydrogen (secondary N) is 1. The second-order valence-corrected chi connectivity index (χ2v) is 8.92. The molecule has 0 saturated carbocycles. The Balaban J connectivity index is 1.59. The van der Waals surface area contributed by atoms with Gasteiger partial charge in [0.25, 0.3) is 0 Å². The van der Waals surface area contributed by atoms with E-state index in [0.29, 0.717) is 5.16 Å². The van der Waals surface area contributed by atoms with E-state index in [1.54, 1.807) is 0 Å². The molecule has 1 N–H and O–H groups in total. The van der Waals surface area contributed by atoms with Crippen LogP contribution in [0, 0.1) is 0 Å². The number of hydrogen-bond donors (Lipinski definition) is 1. The molecular formula is C13H14ClN5O3S2. The molecule has 0 bridgehead atoms. The average Bonchev–Trinajstić information content (AvgIpc) is 3.10. The lowest BCUT2D eigenvalue weighted by molar-refractivity contribution is -0.119. The molecule has 0 unspecified atom stereocenters. The van der Waals surface area contributed by atoms with Crippen LogP contribution in [0.25, 0.3) is 5.69 Å². The molecule has 0 aliphatic carbocycles. The Morgan fingerprint density at radius 3 is 2.75 bits per heavy atom. The van der Waals surface area contributed by atoms with Gasteiger partial charge >= 0.3 is 0 Å². The van der Waals surface area contributed by atoms with Gasteiger partial charge in [-0.3, -0.25) is 4.79 Å². The van der Waals surface area contributed by atoms with Crippen LogP contribution in [0.15, 0.2) is 35.5 Å². The van der Waals surface area contributed by atoms with Gasteiger partial charge in [0.2, 0.25) is 11.1 Å². The second kappa shape index (κ2) is 7.08. The van der Waals surface area contributed by atoms with Crippen LogP contribution in [-0.2, 0) is 14.6 Å². The van der Waals surface area contributed by atoms with Gasteiger partial charge in [-0.25, -0.2) is 8.42 Å². The molecule has 0 spiro atoms. The third-order valence-electron chi connectivity index (χ3n) is 3.40. The van der Waals surface area contributed by atoms with E-state index < -0.39 is 21.3 Å². The number of halogens is 1. The van der Waals surface area contributed by atoms with Gasteiger partial charge in [0.1, 0.15) is 0 Å². The van der Waals surface area contributed by atoms with Crippen LogP contribution in [0.1, 0.15) is 0 Å². The highest BCUT2D eigenvalue weighted by atomic mass is 35.5. The topological polar surface area (TPSA) is 107 Å². The van der Waals surface area contributed by atoms with E-state index in [-0.39, 0.29) is 23.2 Å². The van der Waals surface area contributed by atoms with Crippen LogP contribution < -0.4 is 5.32 Å². The number of aromatic nitrogens is 4. The van der Waals surface area contributed by atoms with Gasteiger partial charge < -0.3 is 5.32 Å². The maximum Gasteiger partial charge on any atom is 0.230 e. The molecule has 1 aromatic heterocycles. The lowest BCUT2D eigenvalue weighted by Gasteiger charge is -2.13. The maximum absolute atomic E-state index is 12.0. The van der Waals surface area contributed by atoms with Gasteiger partial charge in [-0.05, 0) is 22.6 Å². The minimum Gasteiger partial charge on any atom is -0.350 e. The largest absolute Gasteiger partial charge is 0.350 e. The first-order chi connectivity index (χ1) is 11.4. The van der Waals surface area contributed by atoms with Crippen molar-refractivity contribution in [1.29, 1.82) is 0 Å². The Morgan fingerprint density at radius 2 is 2.08 bits per heavy atom. The minimum atomic E-state index is -3.18. The van der Waals surface area contributed by atoms with E-state index in [4.69, 9.17) is 11.6 Å². The molecule has 1 saturated heterocycles. The van der Waals surface area contributed by atoms with Crippen LogP contribution in [0.5, 0.6) is 0 Å². The Kier molecular flexibility index (Phi) is 5.07. The van der Waals surface area contributed by atoms with Crippen LogP contribution in [0.2, 0.25) is 0 Å². The third kappa shape index (κ3) is 4.05. The lowest BCUT2D eigenvalue weighted by atomic mass is 10.2. The normalized spacial score (nSPS) is 22.4. The number of tetrazole rings is 1. The second-order valence-electron chi connectivity index (χ2n) is 5.26. The molecule has 128 valence electrons. The monoisotopic (exact) mass is 387 g/mol. The highest BCUT2D eigenvalue weighted by Gasteiger charge is 2.37. The number of hydrogen-bond acceptors (Lipinski definition) is 7. The maximum atomic E-state index is 12.0. The number of alkyl halides is 1. The standard InChI is InChI=1S/C13H14ClN5O3S2/c14-10-7-24(21,22)8-11(10)15-12(20)6-23-13-16-17-18-19(13)9-4-2-1-3-5-9/h1-5,10-11H,6-8H2,(H,15,20)/t10-,11-/m1/s1. The first kappa shape index (κ1) is 17.2. The number of rotatable bonds is 5. The summed E-state index contributed by atoms with van der Waals surface area (Å²) < 4.78 is 24.5. The molecule has 1 aliphatic heterocycles. The summed E-state index contributed by atoms with van der Waals surface area (Å²) in [5, 5.41) is 13.9. The summed E-state index contributed by atoms with van der Waals surface area (Å²) in [4.78, 5) is 12.0. The minimum absolute atomic E-state index is 0.0629. The molecular weight excluding hydrogens is 374 g/mol. The predicted octanol–water partition coefficient (Wildman–Crippen LogP) is 0.275. The number of thioether (sulfide) groups is 1. The zero-order valence-corrected chi connectivity index (χ0v) is 14.8. The Morgan fingerprint density at radius 1 is 1.33 bits per heavy atom. The molecule has 0 radical (unpaired) electrons. The van der Waals surface area contributed by atoms with Gasteiger partial charge in [0.05, 0.1) is 34.4 Å². The summed E-state index contributed by atoms with van der Waals surface area (Å²) in [7, 11) is -3.18. The van der Waals surface area contributed by atoms with Crippen LogP contribution in [0.3, 0.4) is 0 Å². The highest BCUT2D eigenvalue weighted by Crippen LogP contribution is 2.20. The number of sulfone groups is 1. The number of amides is 1. The molecule has 3 rings (SSSR count). The van der Waals surface area contributed by atoms with Gasteiger partial charge in [-0.15, -0.1) is 16.7 Å². The first-order valence-electron chi connectivity index (χ1n) is 7.05. The van der Waals surface area contributed by atoms with E-state index >= 15 is 0 Å². The van der Waals surface area contributed by atoms with Crippen LogP contribution >= 0.6 is 23.4 Å². The molecule has 1 aliphatic rings. The van der Waals surface area contributed by atoms with Crippen molar-refractivity contribution in [2.45, 2.75) is 16.6 Å². The van der Waals surface area contributed by atoms with Crippen molar-refractivity contribution in [3.63, 3.8) is 0 Å². The molecule has 2 heterocycles. The number of nitrogens with zero attached hydrogens (tertiary/aromatic N) is 4. The summed E-state index contributed by atoms with van der Waals surface area (Å²) in [5.41, 5.74) is 0.785. The van der Waals surface area contributed by atoms with E-state index in [9.17, 15) is 13.2 Å². The third-order valence-corrected chi connectivity index (χ3v) is 6.70. The first-order valence-corrected chi connectivity index (χ1v) is 10.3. The van der Waals surface area contributed by atoms with Crippen molar-refractivity contribution >= 4 is 39.1 Å². The zero-order valence-electron chi connectivity index (χ0n) is 12.4. The van der Waals surface area contributed by atoms with E-state index in [1.165, 1.54) is 4.68 Å². The number of carbonyl (C=O) groups excluding carboxylic acids is 1. The SMILES string of the molecule is O=C(CSc1nnnn1-c1ccccc1)N[C@@H]1CS(=O)(=O)C[C@H]1Cl. The van der Waals surface area contributed by atoms with Crippen molar-refractivity contribution in [2.24, 2.45) is 0 Å². The average molecular weight is 388 g/mol. The Labute approximate surface area is 147 Å². The van der Waals surface area contributed by atoms with Crippen molar-refractivity contribution in [3.8, 4) is 5.69 Å². The lowest BCUT2D eigenvalue weighted by Crippen LogP contribution is -2.41. The molecule has 11 heteroatoms. The van der Waals surface area contributed by atoms with Crippen LogP contribution in [0.4, 0.5) is 0 Å². The molecule has 1 aromatic carbocycles. The van der Waals surface area contributed by atoms with E-state index in [2.05, 4.69) is 20.8 Å². The highest BCUT2D eigenvalue weighted by molar-refractivity contribution is 7.99. The van der Waals surface area contributed by atoms with Crippen molar-refractivity contribution in [1.82, 2.24) is 25.5 Å².